The van der Waals surface area contributed by atoms with Gasteiger partial charge in [0.15, 0.2) is 0 Å². The summed E-state index contributed by atoms with van der Waals surface area (Å²) in [5.41, 5.74) is 0. The molecule has 0 bridgehead atoms. The molecule has 6 nitrogen and oxygen atoms in total. The molecular weight excluding hydrogens is 239 g/mol. The van der Waals surface area contributed by atoms with Crippen molar-refractivity contribution in [1.82, 2.24) is 15.2 Å². The molecule has 0 spiro atoms. The number of H-pyrrole nitrogens is 1. The van der Waals surface area contributed by atoms with Gasteiger partial charge in [-0.2, -0.15) is 0 Å². The minimum Gasteiger partial charge on any atom is -0.390 e. The zero-order chi connectivity index (χ0) is 6.85. The third kappa shape index (κ3) is 1.34. The molecule has 0 unspecified atom stereocenters. The zero-order valence-electron chi connectivity index (χ0n) is 4.04. The molecule has 1 aromatic heterocycles. The van der Waals surface area contributed by atoms with Gasteiger partial charge in [-0.05, 0) is 9.91 Å². The van der Waals surface area contributed by atoms with Gasteiger partial charge in [-0.1, -0.05) is 5.10 Å². The number of nitrogens with one attached hydrogen (secondary N) is 1. The fourth-order valence-electron chi connectivity index (χ4n) is 0.315. The highest BCUT2D eigenvalue weighted by molar-refractivity contribution is 14.1. The van der Waals surface area contributed by atoms with E-state index in [-0.39, 0.29) is 5.95 Å². The Morgan fingerprint density at radius 3 is 2.67 bits per heavy atom. The molecule has 7 heteroatoms. The molecule has 1 N–H and O–H groups in total. The Bertz CT molecular complexity index is 232. The number of aromatic amines is 1. The highest BCUT2D eigenvalue weighted by atomic mass is 127. The summed E-state index contributed by atoms with van der Waals surface area (Å²) in [4.78, 5) is 12.7. The third-order valence-electron chi connectivity index (χ3n) is 0.619. The van der Waals surface area contributed by atoms with Crippen LogP contribution in [0.25, 0.3) is 0 Å². The van der Waals surface area contributed by atoms with Gasteiger partial charge in [-0.25, -0.2) is 0 Å². The highest BCUT2D eigenvalue weighted by Gasteiger charge is 2.09. The highest BCUT2D eigenvalue weighted by Crippen LogP contribution is 2.02. The summed E-state index contributed by atoms with van der Waals surface area (Å²) in [6, 6.07) is 0. The predicted octanol–water partition coefficient (Wildman–Crippen LogP) is 0.317. The van der Waals surface area contributed by atoms with Crippen LogP contribution in [0.5, 0.6) is 0 Å². The Hall–Kier alpha value is -0.730. The van der Waals surface area contributed by atoms with Gasteiger partial charge in [-0.3, -0.25) is 0 Å². The van der Waals surface area contributed by atoms with Crippen LogP contribution in [0, 0.1) is 13.9 Å². The van der Waals surface area contributed by atoms with Gasteiger partial charge in [-0.15, -0.1) is 5.10 Å². The Kier molecular flexibility index (Phi) is 1.60. The third-order valence-corrected chi connectivity index (χ3v) is 1.10. The van der Waals surface area contributed by atoms with E-state index in [2.05, 4.69) is 15.2 Å². The molecule has 1 rings (SSSR count). The van der Waals surface area contributed by atoms with Crippen molar-refractivity contribution >= 4 is 28.5 Å². The van der Waals surface area contributed by atoms with Crippen LogP contribution in [0.1, 0.15) is 0 Å². The molecule has 0 atom stereocenters. The topological polar surface area (TPSA) is 84.7 Å². The fraction of sp³-hybridized carbons (Fsp3) is 0. The first kappa shape index (κ1) is 6.39. The molecule has 1 heterocycles. The molecule has 0 aliphatic rings. The van der Waals surface area contributed by atoms with Crippen molar-refractivity contribution < 1.29 is 4.92 Å². The van der Waals surface area contributed by atoms with Crippen molar-refractivity contribution in [1.29, 1.82) is 0 Å². The lowest BCUT2D eigenvalue weighted by Crippen LogP contribution is -1.89. The zero-order valence-corrected chi connectivity index (χ0v) is 6.19. The number of rotatable bonds is 1. The molecule has 9 heavy (non-hydrogen) atoms. The summed E-state index contributed by atoms with van der Waals surface area (Å²) in [6.07, 6.45) is 0. The van der Waals surface area contributed by atoms with Crippen LogP contribution in [0.4, 0.5) is 5.95 Å². The Balaban J connectivity index is 2.98. The van der Waals surface area contributed by atoms with Crippen LogP contribution in [-0.4, -0.2) is 20.1 Å². The van der Waals surface area contributed by atoms with E-state index in [1.54, 1.807) is 22.6 Å². The lowest BCUT2D eigenvalue weighted by Gasteiger charge is -1.82. The minimum atomic E-state index is -0.630. The molecule has 48 valence electrons. The largest absolute Gasteiger partial charge is 0.454 e. The van der Waals surface area contributed by atoms with Crippen LogP contribution in [0.3, 0.4) is 0 Å². The Morgan fingerprint density at radius 1 is 1.78 bits per heavy atom. The molecule has 0 aliphatic carbocycles. The number of aromatic nitrogens is 3. The quantitative estimate of drug-likeness (QED) is 0.435. The average molecular weight is 240 g/mol. The molecule has 0 fully saturated rings. The summed E-state index contributed by atoms with van der Waals surface area (Å²) >= 11 is 1.78. The van der Waals surface area contributed by atoms with Gasteiger partial charge in [0.2, 0.25) is 0 Å². The SMILES string of the molecule is O=[N+]([O-])c1nc(I)n[nH]1. The first-order valence-corrected chi connectivity index (χ1v) is 3.00. The minimum absolute atomic E-state index is 0.320. The number of hydrogen-bond donors (Lipinski definition) is 1. The Morgan fingerprint density at radius 2 is 2.44 bits per heavy atom. The molecule has 0 radical (unpaired) electrons. The van der Waals surface area contributed by atoms with E-state index in [1.807, 2.05) is 0 Å². The van der Waals surface area contributed by atoms with E-state index in [0.29, 0.717) is 3.83 Å². The van der Waals surface area contributed by atoms with Crippen molar-refractivity contribution in [3.63, 3.8) is 0 Å². The van der Waals surface area contributed by atoms with Crippen LogP contribution < -0.4 is 0 Å². The van der Waals surface area contributed by atoms with Crippen LogP contribution in [0.2, 0.25) is 0 Å². The predicted molar refractivity (Wildman–Crippen MR) is 35.8 cm³/mol. The molecule has 1 aromatic rings. The Labute approximate surface area is 63.0 Å². The van der Waals surface area contributed by atoms with E-state index in [9.17, 15) is 10.1 Å². The normalized spacial score (nSPS) is 9.44. The van der Waals surface area contributed by atoms with Gasteiger partial charge in [0.1, 0.15) is 0 Å². The van der Waals surface area contributed by atoms with E-state index < -0.39 is 4.92 Å². The van der Waals surface area contributed by atoms with Crippen molar-refractivity contribution in [3.05, 3.63) is 13.9 Å². The van der Waals surface area contributed by atoms with Gasteiger partial charge in [0, 0.05) is 22.6 Å². The maximum atomic E-state index is 9.88. The molecule has 0 aromatic carbocycles. The van der Waals surface area contributed by atoms with Crippen LogP contribution >= 0.6 is 22.6 Å². The summed E-state index contributed by atoms with van der Waals surface area (Å²) in [5.74, 6) is -0.320. The first-order chi connectivity index (χ1) is 4.20. The fourth-order valence-corrected chi connectivity index (χ4v) is 0.664. The van der Waals surface area contributed by atoms with E-state index in [4.69, 9.17) is 0 Å². The lowest BCUT2D eigenvalue weighted by molar-refractivity contribution is -0.394. The number of nitro groups is 1. The second-order valence-electron chi connectivity index (χ2n) is 1.19. The standard InChI is InChI=1S/C2HIN4O2/c3-1-4-2(6-5-1)7(8)9/h(H,4,5,6). The molecule has 0 amide bonds. The second-order valence-corrected chi connectivity index (χ2v) is 2.15. The van der Waals surface area contributed by atoms with Crippen LogP contribution in [-0.2, 0) is 0 Å². The average Bonchev–Trinajstić information content (AvgIpc) is 2.14. The van der Waals surface area contributed by atoms with Gasteiger partial charge >= 0.3 is 5.95 Å². The van der Waals surface area contributed by atoms with E-state index in [0.717, 1.165) is 0 Å². The summed E-state index contributed by atoms with van der Waals surface area (Å²) < 4.78 is 0.347. The molecule has 0 saturated heterocycles. The molecule has 0 aliphatic heterocycles. The number of halogens is 1. The van der Waals surface area contributed by atoms with Gasteiger partial charge in [0.05, 0.1) is 0 Å². The van der Waals surface area contributed by atoms with Crippen LogP contribution in [0.15, 0.2) is 0 Å². The van der Waals surface area contributed by atoms with Crippen molar-refractivity contribution in [2.45, 2.75) is 0 Å². The summed E-state index contributed by atoms with van der Waals surface area (Å²) in [7, 11) is 0. The summed E-state index contributed by atoms with van der Waals surface area (Å²) in [5, 5.41) is 15.5. The molecular formula is C2HIN4O2. The smallest absolute Gasteiger partial charge is 0.390 e. The van der Waals surface area contributed by atoms with Crippen molar-refractivity contribution in [2.75, 3.05) is 0 Å². The maximum Gasteiger partial charge on any atom is 0.454 e. The van der Waals surface area contributed by atoms with Crippen molar-refractivity contribution in [3.8, 4) is 0 Å². The number of hydrogen-bond acceptors (Lipinski definition) is 4. The van der Waals surface area contributed by atoms with E-state index >= 15 is 0 Å². The first-order valence-electron chi connectivity index (χ1n) is 1.92. The lowest BCUT2D eigenvalue weighted by atomic mass is 11.1. The second kappa shape index (κ2) is 2.25. The van der Waals surface area contributed by atoms with Gasteiger partial charge in [0.25, 0.3) is 3.83 Å². The monoisotopic (exact) mass is 240 g/mol. The van der Waals surface area contributed by atoms with Crippen molar-refractivity contribution in [2.24, 2.45) is 0 Å². The molecule has 0 saturated carbocycles. The summed E-state index contributed by atoms with van der Waals surface area (Å²) in [6.45, 7) is 0. The number of nitrogens with zero attached hydrogens (tertiary/aromatic N) is 3. The van der Waals surface area contributed by atoms with Gasteiger partial charge < -0.3 is 10.1 Å². The maximum absolute atomic E-state index is 9.88. The van der Waals surface area contributed by atoms with E-state index in [1.165, 1.54) is 0 Å².